The van der Waals surface area contributed by atoms with E-state index in [2.05, 4.69) is 15.5 Å². The number of nitrogens with one attached hydrogen (secondary N) is 2. The number of amides is 1. The van der Waals surface area contributed by atoms with Gasteiger partial charge in [-0.2, -0.15) is 0 Å². The van der Waals surface area contributed by atoms with E-state index in [0.29, 0.717) is 30.3 Å². The van der Waals surface area contributed by atoms with Crippen LogP contribution in [0.25, 0.3) is 0 Å². The van der Waals surface area contributed by atoms with Crippen LogP contribution in [0.1, 0.15) is 33.6 Å². The summed E-state index contributed by atoms with van der Waals surface area (Å²) >= 11 is 0. The average molecular weight is 390 g/mol. The standard InChI is InChI=1S/C12H14N2O2.C8H16N2O2/c15-8-10-1-2-12(7-11(10)9-16)14-5-3-13-4-6-14;1-9-8(12)5-4-7(6-11)10(2)3/h1-2,7-9,13H,3-6H2;6-7H,4-5H2,1-3H3,(H,9,12). The molecular formula is C20H30N4O4. The number of aldehydes is 3. The van der Waals surface area contributed by atoms with Gasteiger partial charge >= 0.3 is 0 Å². The maximum absolute atomic E-state index is 10.8. The van der Waals surface area contributed by atoms with E-state index in [1.54, 1.807) is 24.1 Å². The number of piperazine rings is 1. The predicted molar refractivity (Wildman–Crippen MR) is 109 cm³/mol. The van der Waals surface area contributed by atoms with Gasteiger partial charge in [0.25, 0.3) is 0 Å². The van der Waals surface area contributed by atoms with Crippen molar-refractivity contribution in [1.29, 1.82) is 0 Å². The van der Waals surface area contributed by atoms with Crippen LogP contribution in [0.2, 0.25) is 0 Å². The fourth-order valence-corrected chi connectivity index (χ4v) is 2.74. The summed E-state index contributed by atoms with van der Waals surface area (Å²) in [4.78, 5) is 46.8. The highest BCUT2D eigenvalue weighted by Crippen LogP contribution is 2.18. The van der Waals surface area contributed by atoms with Crippen molar-refractivity contribution in [2.75, 3.05) is 52.2 Å². The number of hydrogen-bond acceptors (Lipinski definition) is 7. The molecule has 1 aromatic rings. The monoisotopic (exact) mass is 390 g/mol. The Labute approximate surface area is 166 Å². The second-order valence-corrected chi connectivity index (χ2v) is 6.66. The Kier molecular flexibility index (Phi) is 10.7. The van der Waals surface area contributed by atoms with Crippen molar-refractivity contribution in [1.82, 2.24) is 15.5 Å². The summed E-state index contributed by atoms with van der Waals surface area (Å²) in [7, 11) is 5.24. The maximum atomic E-state index is 10.8. The topological polar surface area (TPSA) is 98.8 Å². The molecule has 0 radical (unpaired) electrons. The molecule has 2 N–H and O–H groups in total. The van der Waals surface area contributed by atoms with E-state index >= 15 is 0 Å². The molecule has 0 spiro atoms. The summed E-state index contributed by atoms with van der Waals surface area (Å²) in [5, 5.41) is 5.78. The normalized spacial score (nSPS) is 14.5. The molecule has 0 aromatic heterocycles. The van der Waals surface area contributed by atoms with Gasteiger partial charge in [-0.15, -0.1) is 0 Å². The van der Waals surface area contributed by atoms with Gasteiger partial charge in [0.1, 0.15) is 6.29 Å². The molecule has 154 valence electrons. The minimum atomic E-state index is -0.151. The van der Waals surface area contributed by atoms with Gasteiger partial charge in [0.2, 0.25) is 5.91 Å². The first kappa shape index (κ1) is 23.5. The number of rotatable bonds is 8. The predicted octanol–water partition coefficient (Wildman–Crippen LogP) is 0.363. The van der Waals surface area contributed by atoms with E-state index in [9.17, 15) is 19.2 Å². The van der Waals surface area contributed by atoms with Crippen LogP contribution in [-0.2, 0) is 9.59 Å². The van der Waals surface area contributed by atoms with Crippen molar-refractivity contribution < 1.29 is 19.2 Å². The molecule has 8 nitrogen and oxygen atoms in total. The summed E-state index contributed by atoms with van der Waals surface area (Å²) in [5.74, 6) is -0.0244. The molecule has 1 fully saturated rings. The number of carbonyl (C=O) groups is 4. The molecule has 1 atom stereocenters. The summed E-state index contributed by atoms with van der Waals surface area (Å²) in [6, 6.07) is 5.22. The van der Waals surface area contributed by atoms with Crippen molar-refractivity contribution in [3.63, 3.8) is 0 Å². The molecule has 0 bridgehead atoms. The molecule has 0 aliphatic carbocycles. The van der Waals surface area contributed by atoms with E-state index < -0.39 is 0 Å². The van der Waals surface area contributed by atoms with Crippen LogP contribution in [0.4, 0.5) is 5.69 Å². The second-order valence-electron chi connectivity index (χ2n) is 6.66. The third-order valence-corrected chi connectivity index (χ3v) is 4.57. The van der Waals surface area contributed by atoms with Gasteiger partial charge in [0.05, 0.1) is 6.04 Å². The Morgan fingerprint density at radius 2 is 1.82 bits per heavy atom. The van der Waals surface area contributed by atoms with E-state index in [4.69, 9.17) is 0 Å². The van der Waals surface area contributed by atoms with Crippen molar-refractivity contribution in [2.45, 2.75) is 18.9 Å². The Hall–Kier alpha value is -2.58. The van der Waals surface area contributed by atoms with Crippen LogP contribution in [0, 0.1) is 0 Å². The Morgan fingerprint density at radius 1 is 1.18 bits per heavy atom. The quantitative estimate of drug-likeness (QED) is 0.619. The molecule has 1 saturated heterocycles. The summed E-state index contributed by atoms with van der Waals surface area (Å²) < 4.78 is 0. The van der Waals surface area contributed by atoms with Crippen LogP contribution in [0.5, 0.6) is 0 Å². The fourth-order valence-electron chi connectivity index (χ4n) is 2.74. The Balaban J connectivity index is 0.000000295. The van der Waals surface area contributed by atoms with E-state index in [1.807, 2.05) is 20.2 Å². The summed E-state index contributed by atoms with van der Waals surface area (Å²) in [6.45, 7) is 3.76. The molecule has 8 heteroatoms. The lowest BCUT2D eigenvalue weighted by Crippen LogP contribution is -2.43. The molecule has 1 aliphatic heterocycles. The maximum Gasteiger partial charge on any atom is 0.219 e. The van der Waals surface area contributed by atoms with Crippen molar-refractivity contribution >= 4 is 30.5 Å². The van der Waals surface area contributed by atoms with Crippen LogP contribution < -0.4 is 15.5 Å². The molecule has 0 saturated carbocycles. The van der Waals surface area contributed by atoms with E-state index in [1.165, 1.54) is 0 Å². The van der Waals surface area contributed by atoms with Gasteiger partial charge in [-0.3, -0.25) is 19.3 Å². The molecule has 1 aliphatic rings. The molecule has 1 heterocycles. The highest BCUT2D eigenvalue weighted by molar-refractivity contribution is 5.91. The lowest BCUT2D eigenvalue weighted by molar-refractivity contribution is -0.121. The average Bonchev–Trinajstić information content (AvgIpc) is 2.74. The first-order valence-electron chi connectivity index (χ1n) is 9.29. The highest BCUT2D eigenvalue weighted by atomic mass is 16.1. The zero-order valence-electron chi connectivity index (χ0n) is 16.8. The Morgan fingerprint density at radius 3 is 2.32 bits per heavy atom. The molecule has 1 aromatic carbocycles. The van der Waals surface area contributed by atoms with Crippen molar-refractivity contribution in [3.8, 4) is 0 Å². The molecule has 1 amide bonds. The van der Waals surface area contributed by atoms with Crippen LogP contribution >= 0.6 is 0 Å². The summed E-state index contributed by atoms with van der Waals surface area (Å²) in [5.41, 5.74) is 1.93. The van der Waals surface area contributed by atoms with E-state index in [0.717, 1.165) is 44.4 Å². The zero-order valence-corrected chi connectivity index (χ0v) is 16.8. The Bertz CT molecular complexity index is 658. The number of likely N-dealkylation sites (N-methyl/N-ethyl adjacent to an activating group) is 1. The van der Waals surface area contributed by atoms with Gasteiger partial charge in [0, 0.05) is 56.5 Å². The number of carbonyl (C=O) groups excluding carboxylic acids is 4. The second kappa shape index (κ2) is 12.7. The molecule has 28 heavy (non-hydrogen) atoms. The first-order valence-corrected chi connectivity index (χ1v) is 9.29. The van der Waals surface area contributed by atoms with Crippen LogP contribution in [0.15, 0.2) is 18.2 Å². The largest absolute Gasteiger partial charge is 0.369 e. The van der Waals surface area contributed by atoms with Crippen LogP contribution in [0.3, 0.4) is 0 Å². The third kappa shape index (κ3) is 7.58. The molecular weight excluding hydrogens is 360 g/mol. The van der Waals surface area contributed by atoms with Gasteiger partial charge in [0.15, 0.2) is 12.6 Å². The van der Waals surface area contributed by atoms with E-state index in [-0.39, 0.29) is 11.9 Å². The van der Waals surface area contributed by atoms with Gasteiger partial charge < -0.3 is 20.3 Å². The van der Waals surface area contributed by atoms with Crippen molar-refractivity contribution in [2.24, 2.45) is 0 Å². The smallest absolute Gasteiger partial charge is 0.219 e. The number of benzene rings is 1. The van der Waals surface area contributed by atoms with Crippen LogP contribution in [-0.4, -0.2) is 83.0 Å². The number of nitrogens with zero attached hydrogens (tertiary/aromatic N) is 2. The third-order valence-electron chi connectivity index (χ3n) is 4.57. The first-order chi connectivity index (χ1) is 13.5. The highest BCUT2D eigenvalue weighted by Gasteiger charge is 2.12. The fraction of sp³-hybridized carbons (Fsp3) is 0.500. The number of hydrogen-bond donors (Lipinski definition) is 2. The lowest BCUT2D eigenvalue weighted by Gasteiger charge is -2.29. The lowest BCUT2D eigenvalue weighted by atomic mass is 10.1. The van der Waals surface area contributed by atoms with Gasteiger partial charge in [-0.1, -0.05) is 0 Å². The zero-order chi connectivity index (χ0) is 20.9. The molecule has 2 rings (SSSR count). The SMILES string of the molecule is CNC(=O)CCC(C=O)N(C)C.O=Cc1ccc(N2CCNCC2)cc1C=O. The molecule has 1 unspecified atom stereocenters. The van der Waals surface area contributed by atoms with Crippen molar-refractivity contribution in [3.05, 3.63) is 29.3 Å². The minimum absolute atomic E-state index is 0.0244. The van der Waals surface area contributed by atoms with Gasteiger partial charge in [-0.05, 0) is 38.7 Å². The minimum Gasteiger partial charge on any atom is -0.369 e. The van der Waals surface area contributed by atoms with Gasteiger partial charge in [-0.25, -0.2) is 0 Å². The number of anilines is 1. The summed E-state index contributed by atoms with van der Waals surface area (Å²) in [6.07, 6.45) is 3.29.